The van der Waals surface area contributed by atoms with Crippen LogP contribution in [0.1, 0.15) is 0 Å². The van der Waals surface area contributed by atoms with Crippen LogP contribution in [0.25, 0.3) is 0 Å². The van der Waals surface area contributed by atoms with Gasteiger partial charge >= 0.3 is 6.55 Å². The van der Waals surface area contributed by atoms with Crippen molar-refractivity contribution in [1.82, 2.24) is 4.90 Å². The van der Waals surface area contributed by atoms with Gasteiger partial charge in [0.1, 0.15) is 0 Å². The summed E-state index contributed by atoms with van der Waals surface area (Å²) in [5.74, 6) is 0. The van der Waals surface area contributed by atoms with Crippen LogP contribution >= 0.6 is 15.9 Å². The zero-order valence-corrected chi connectivity index (χ0v) is 9.57. The number of hydrogen-bond donors (Lipinski definition) is 0. The predicted molar refractivity (Wildman–Crippen MR) is 60.4 cm³/mol. The topological polar surface area (TPSA) is 15.6 Å². The molecule has 0 aliphatic carbocycles. The van der Waals surface area contributed by atoms with Gasteiger partial charge in [-0.05, 0) is 15.9 Å². The molecule has 1 aliphatic heterocycles. The van der Waals surface area contributed by atoms with Crippen LogP contribution in [0.4, 0.5) is 8.78 Å². The molecule has 1 aliphatic rings. The van der Waals surface area contributed by atoms with Crippen LogP contribution in [-0.4, -0.2) is 29.3 Å². The summed E-state index contributed by atoms with van der Waals surface area (Å²) < 4.78 is 23.9. The van der Waals surface area contributed by atoms with Crippen molar-refractivity contribution in [3.63, 3.8) is 0 Å². The van der Waals surface area contributed by atoms with E-state index in [-0.39, 0.29) is 4.74 Å². The molecule has 0 amide bonds. The maximum absolute atomic E-state index is 11.8. The molecule has 1 aromatic carbocycles. The van der Waals surface area contributed by atoms with E-state index in [9.17, 15) is 8.78 Å². The average Bonchev–Trinajstić information content (AvgIpc) is 2.68. The summed E-state index contributed by atoms with van der Waals surface area (Å²) in [7, 11) is 0. The highest BCUT2D eigenvalue weighted by atomic mass is 79.9. The van der Waals surface area contributed by atoms with Crippen LogP contribution in [0.2, 0.25) is 0 Å². The van der Waals surface area contributed by atoms with Gasteiger partial charge in [-0.15, -0.1) is 0 Å². The van der Waals surface area contributed by atoms with Gasteiger partial charge in [0.15, 0.2) is 4.74 Å². The molecule has 2 rings (SSSR count). The molecule has 0 saturated heterocycles. The van der Waals surface area contributed by atoms with E-state index in [1.807, 2.05) is 36.4 Å². The number of amidine groups is 1. The third-order valence-electron chi connectivity index (χ3n) is 1.72. The van der Waals surface area contributed by atoms with Crippen LogP contribution in [0, 0.1) is 0 Å². The molecule has 2 nitrogen and oxygen atoms in total. The Morgan fingerprint density at radius 1 is 1.13 bits per heavy atom. The van der Waals surface area contributed by atoms with Gasteiger partial charge in [-0.3, -0.25) is 9.89 Å². The van der Waals surface area contributed by atoms with Crippen molar-refractivity contribution in [2.75, 3.05) is 13.1 Å². The van der Waals surface area contributed by atoms with E-state index >= 15 is 0 Å². The van der Waals surface area contributed by atoms with Gasteiger partial charge in [0, 0.05) is 6.54 Å². The van der Waals surface area contributed by atoms with Crippen LogP contribution in [0.3, 0.4) is 0 Å². The third kappa shape index (κ3) is 4.38. The molecule has 15 heavy (non-hydrogen) atoms. The van der Waals surface area contributed by atoms with Crippen LogP contribution in [-0.2, 0) is 0 Å². The summed E-state index contributed by atoms with van der Waals surface area (Å²) in [5, 5.41) is 0. The Morgan fingerprint density at radius 2 is 1.60 bits per heavy atom. The largest absolute Gasteiger partial charge is 0.316 e. The third-order valence-corrected chi connectivity index (χ3v) is 2.43. The average molecular weight is 277 g/mol. The number of nitrogens with zero attached hydrogens (tertiary/aromatic N) is 2. The summed E-state index contributed by atoms with van der Waals surface area (Å²) in [6, 6.07) is 12.0. The highest BCUT2D eigenvalue weighted by molar-refractivity contribution is 9.18. The van der Waals surface area contributed by atoms with Gasteiger partial charge in [-0.2, -0.15) is 8.78 Å². The Morgan fingerprint density at radius 3 is 1.80 bits per heavy atom. The van der Waals surface area contributed by atoms with Crippen molar-refractivity contribution in [1.29, 1.82) is 0 Å². The number of rotatable bonds is 1. The maximum atomic E-state index is 11.8. The minimum Gasteiger partial charge on any atom is -0.293 e. The molecule has 0 bridgehead atoms. The number of halogens is 3. The number of aliphatic imine (C=N–C) groups is 1. The van der Waals surface area contributed by atoms with Crippen molar-refractivity contribution in [3.8, 4) is 0 Å². The monoisotopic (exact) mass is 276 g/mol. The molecule has 0 fully saturated rings. The zero-order chi connectivity index (χ0) is 11.1. The van der Waals surface area contributed by atoms with Gasteiger partial charge < -0.3 is 0 Å². The quantitative estimate of drug-likeness (QED) is 0.720. The summed E-state index contributed by atoms with van der Waals surface area (Å²) in [6.07, 6.45) is 0. The standard InChI is InChI=1S/C6H6.C4H5BrF2N2/c1-2-4-6-5-3-1;5-3-8-1-2-9(3)4(6)7/h1-6H;4H,1-2H2. The SMILES string of the molecule is FC(F)N1CCN=C1Br.c1ccccc1. The fourth-order valence-electron chi connectivity index (χ4n) is 0.996. The van der Waals surface area contributed by atoms with Crippen LogP contribution in [0.15, 0.2) is 41.4 Å². The number of alkyl halides is 2. The van der Waals surface area contributed by atoms with Crippen molar-refractivity contribution >= 4 is 20.7 Å². The summed E-state index contributed by atoms with van der Waals surface area (Å²) in [6.45, 7) is -1.64. The minimum absolute atomic E-state index is 0.262. The first-order chi connectivity index (χ1) is 7.22. The summed E-state index contributed by atoms with van der Waals surface area (Å²) in [4.78, 5) is 4.62. The maximum Gasteiger partial charge on any atom is 0.316 e. The van der Waals surface area contributed by atoms with Crippen molar-refractivity contribution in [2.45, 2.75) is 6.55 Å². The first-order valence-corrected chi connectivity index (χ1v) is 5.26. The second-order valence-corrected chi connectivity index (χ2v) is 3.49. The Labute approximate surface area is 95.7 Å². The van der Waals surface area contributed by atoms with E-state index in [4.69, 9.17) is 0 Å². The summed E-state index contributed by atoms with van der Waals surface area (Å²) in [5.41, 5.74) is 0. The Balaban J connectivity index is 0.000000162. The first-order valence-electron chi connectivity index (χ1n) is 4.46. The van der Waals surface area contributed by atoms with E-state index < -0.39 is 6.55 Å². The Kier molecular flexibility index (Phi) is 5.25. The Hall–Kier alpha value is -0.970. The summed E-state index contributed by atoms with van der Waals surface area (Å²) >= 11 is 2.90. The van der Waals surface area contributed by atoms with Gasteiger partial charge in [-0.25, -0.2) is 0 Å². The molecule has 0 atom stereocenters. The lowest BCUT2D eigenvalue weighted by Crippen LogP contribution is -2.29. The van der Waals surface area contributed by atoms with Crippen molar-refractivity contribution in [3.05, 3.63) is 36.4 Å². The van der Waals surface area contributed by atoms with Crippen molar-refractivity contribution in [2.24, 2.45) is 4.99 Å². The Bertz CT molecular complexity index is 277. The zero-order valence-electron chi connectivity index (χ0n) is 7.98. The molecular formula is C10H11BrF2N2. The molecule has 0 unspecified atom stereocenters. The second-order valence-electron chi connectivity index (χ2n) is 2.78. The van der Waals surface area contributed by atoms with E-state index in [1.54, 1.807) is 0 Å². The lowest BCUT2D eigenvalue weighted by atomic mass is 10.4. The molecule has 0 spiro atoms. The molecule has 0 radical (unpaired) electrons. The fourth-order valence-corrected chi connectivity index (χ4v) is 1.51. The molecule has 5 heteroatoms. The molecule has 0 aromatic heterocycles. The molecule has 82 valence electrons. The highest BCUT2D eigenvalue weighted by Crippen LogP contribution is 2.12. The molecule has 0 N–H and O–H groups in total. The lowest BCUT2D eigenvalue weighted by Gasteiger charge is -2.13. The molecule has 0 saturated carbocycles. The van der Waals surface area contributed by atoms with Gasteiger partial charge in [-0.1, -0.05) is 36.4 Å². The molecular weight excluding hydrogens is 266 g/mol. The highest BCUT2D eigenvalue weighted by Gasteiger charge is 2.21. The van der Waals surface area contributed by atoms with E-state index in [1.165, 1.54) is 0 Å². The second kappa shape index (κ2) is 6.50. The van der Waals surface area contributed by atoms with E-state index in [0.717, 1.165) is 4.90 Å². The molecule has 1 aromatic rings. The van der Waals surface area contributed by atoms with Gasteiger partial charge in [0.05, 0.1) is 6.54 Å². The van der Waals surface area contributed by atoms with Crippen LogP contribution < -0.4 is 0 Å². The fraction of sp³-hybridized carbons (Fsp3) is 0.300. The van der Waals surface area contributed by atoms with E-state index in [0.29, 0.717) is 13.1 Å². The van der Waals surface area contributed by atoms with E-state index in [2.05, 4.69) is 20.9 Å². The predicted octanol–water partition coefficient (Wildman–Crippen LogP) is 2.96. The minimum atomic E-state index is -2.43. The molecule has 1 heterocycles. The number of benzene rings is 1. The number of hydrogen-bond acceptors (Lipinski definition) is 2. The normalized spacial score (nSPS) is 14.7. The lowest BCUT2D eigenvalue weighted by molar-refractivity contribution is 0.0305. The van der Waals surface area contributed by atoms with Crippen molar-refractivity contribution < 1.29 is 8.78 Å². The van der Waals surface area contributed by atoms with Gasteiger partial charge in [0.25, 0.3) is 0 Å². The van der Waals surface area contributed by atoms with Gasteiger partial charge in [0.2, 0.25) is 0 Å². The first kappa shape index (κ1) is 12.1. The smallest absolute Gasteiger partial charge is 0.293 e. The van der Waals surface area contributed by atoms with Crippen LogP contribution in [0.5, 0.6) is 0 Å².